The lowest BCUT2D eigenvalue weighted by atomic mass is 10.2. The van der Waals surface area contributed by atoms with Crippen LogP contribution in [0.3, 0.4) is 0 Å². The molecule has 5 nitrogen and oxygen atoms in total. The predicted octanol–water partition coefficient (Wildman–Crippen LogP) is 2.31. The van der Waals surface area contributed by atoms with Crippen LogP contribution in [0.5, 0.6) is 0 Å². The van der Waals surface area contributed by atoms with Crippen LogP contribution in [0.15, 0.2) is 31.1 Å². The summed E-state index contributed by atoms with van der Waals surface area (Å²) in [6.45, 7) is 1.79. The van der Waals surface area contributed by atoms with Gasteiger partial charge in [-0.05, 0) is 12.8 Å². The fourth-order valence-electron chi connectivity index (χ4n) is 2.64. The minimum Gasteiger partial charge on any atom is -0.354 e. The number of nitrogens with zero attached hydrogens (tertiary/aromatic N) is 4. The highest BCUT2D eigenvalue weighted by Gasteiger charge is 2.18. The lowest BCUT2D eigenvalue weighted by molar-refractivity contribution is 0.522. The molecule has 0 amide bonds. The normalized spacial score (nSPS) is 16.2. The van der Waals surface area contributed by atoms with Crippen molar-refractivity contribution >= 4 is 5.95 Å². The minimum atomic E-state index is 0.642. The van der Waals surface area contributed by atoms with E-state index in [0.29, 0.717) is 6.04 Å². The monoisotopic (exact) mass is 245 g/mol. The predicted molar refractivity (Wildman–Crippen MR) is 70.4 cm³/mol. The molecule has 0 aliphatic heterocycles. The molecule has 0 aromatic carbocycles. The van der Waals surface area contributed by atoms with Gasteiger partial charge >= 0.3 is 0 Å². The van der Waals surface area contributed by atoms with Gasteiger partial charge in [0, 0.05) is 43.9 Å². The molecule has 0 atom stereocenters. The van der Waals surface area contributed by atoms with Crippen LogP contribution in [-0.4, -0.2) is 25.6 Å². The molecule has 2 aromatic heterocycles. The highest BCUT2D eigenvalue weighted by molar-refractivity contribution is 5.26. The second kappa shape index (κ2) is 5.25. The standard InChI is InChI=1S/C13H19N5/c1-2-4-12(3-1)18-10-7-16-13(18)15-6-9-17-8-5-14-11-17/h5,7-8,10-12H,1-4,6,9H2,(H,15,16). The van der Waals surface area contributed by atoms with E-state index in [1.54, 1.807) is 6.20 Å². The lowest BCUT2D eigenvalue weighted by Crippen LogP contribution is -2.14. The summed E-state index contributed by atoms with van der Waals surface area (Å²) in [6, 6.07) is 0.642. The molecule has 1 aliphatic carbocycles. The van der Waals surface area contributed by atoms with Gasteiger partial charge in [-0.1, -0.05) is 12.8 Å². The quantitative estimate of drug-likeness (QED) is 0.879. The number of aromatic nitrogens is 4. The molecule has 2 heterocycles. The van der Waals surface area contributed by atoms with Crippen molar-refractivity contribution in [3.63, 3.8) is 0 Å². The number of anilines is 1. The van der Waals surface area contributed by atoms with E-state index in [1.165, 1.54) is 25.7 Å². The maximum absolute atomic E-state index is 4.41. The van der Waals surface area contributed by atoms with Crippen LogP contribution >= 0.6 is 0 Å². The van der Waals surface area contributed by atoms with Gasteiger partial charge in [-0.3, -0.25) is 0 Å². The van der Waals surface area contributed by atoms with E-state index >= 15 is 0 Å². The van der Waals surface area contributed by atoms with Crippen LogP contribution in [-0.2, 0) is 6.54 Å². The number of hydrogen-bond acceptors (Lipinski definition) is 3. The second-order valence-corrected chi connectivity index (χ2v) is 4.82. The fraction of sp³-hybridized carbons (Fsp3) is 0.538. The molecular formula is C13H19N5. The first kappa shape index (κ1) is 11.3. The fourth-order valence-corrected chi connectivity index (χ4v) is 2.64. The zero-order valence-corrected chi connectivity index (χ0v) is 10.5. The van der Waals surface area contributed by atoms with Crippen molar-refractivity contribution in [2.24, 2.45) is 0 Å². The molecule has 2 aromatic rings. The summed E-state index contributed by atoms with van der Waals surface area (Å²) in [5.74, 6) is 1.00. The number of nitrogens with one attached hydrogen (secondary N) is 1. The van der Waals surface area contributed by atoms with Crippen molar-refractivity contribution in [2.75, 3.05) is 11.9 Å². The van der Waals surface area contributed by atoms with E-state index in [9.17, 15) is 0 Å². The van der Waals surface area contributed by atoms with E-state index in [-0.39, 0.29) is 0 Å². The molecule has 1 saturated carbocycles. The van der Waals surface area contributed by atoms with Gasteiger partial charge < -0.3 is 14.5 Å². The molecular weight excluding hydrogens is 226 g/mol. The van der Waals surface area contributed by atoms with Crippen molar-refractivity contribution < 1.29 is 0 Å². The largest absolute Gasteiger partial charge is 0.354 e. The van der Waals surface area contributed by atoms with Crippen molar-refractivity contribution in [3.8, 4) is 0 Å². The summed E-state index contributed by atoms with van der Waals surface area (Å²) in [6.07, 6.45) is 14.9. The molecule has 1 N–H and O–H groups in total. The summed E-state index contributed by atoms with van der Waals surface area (Å²) in [5.41, 5.74) is 0. The smallest absolute Gasteiger partial charge is 0.203 e. The van der Waals surface area contributed by atoms with E-state index < -0.39 is 0 Å². The molecule has 1 fully saturated rings. The molecule has 0 bridgehead atoms. The van der Waals surface area contributed by atoms with Gasteiger partial charge in [0.25, 0.3) is 0 Å². The highest BCUT2D eigenvalue weighted by atomic mass is 15.2. The third-order valence-electron chi connectivity index (χ3n) is 3.60. The molecule has 96 valence electrons. The third kappa shape index (κ3) is 2.39. The van der Waals surface area contributed by atoms with Crippen LogP contribution in [0.1, 0.15) is 31.7 Å². The third-order valence-corrected chi connectivity index (χ3v) is 3.60. The maximum Gasteiger partial charge on any atom is 0.203 e. The Morgan fingerprint density at radius 2 is 2.11 bits per heavy atom. The molecule has 0 unspecified atom stereocenters. The Labute approximate surface area is 107 Å². The molecule has 3 rings (SSSR count). The summed E-state index contributed by atoms with van der Waals surface area (Å²) in [7, 11) is 0. The number of hydrogen-bond donors (Lipinski definition) is 1. The Hall–Kier alpha value is -1.78. The van der Waals surface area contributed by atoms with Crippen molar-refractivity contribution in [3.05, 3.63) is 31.1 Å². The summed E-state index contributed by atoms with van der Waals surface area (Å²) in [4.78, 5) is 8.44. The van der Waals surface area contributed by atoms with Gasteiger partial charge in [0.15, 0.2) is 0 Å². The Balaban J connectivity index is 1.57. The van der Waals surface area contributed by atoms with Crippen LogP contribution in [0, 0.1) is 0 Å². The van der Waals surface area contributed by atoms with Gasteiger partial charge in [0.05, 0.1) is 6.33 Å². The van der Waals surface area contributed by atoms with Crippen molar-refractivity contribution in [1.82, 2.24) is 19.1 Å². The Bertz CT molecular complexity index is 467. The SMILES string of the molecule is c1cn(CCNc2nccn2C2CCCC2)cn1. The number of imidazole rings is 2. The topological polar surface area (TPSA) is 47.7 Å². The van der Waals surface area contributed by atoms with Gasteiger partial charge in [-0.15, -0.1) is 0 Å². The number of rotatable bonds is 5. The van der Waals surface area contributed by atoms with Crippen LogP contribution in [0.25, 0.3) is 0 Å². The molecule has 0 radical (unpaired) electrons. The van der Waals surface area contributed by atoms with Crippen LogP contribution in [0.2, 0.25) is 0 Å². The highest BCUT2D eigenvalue weighted by Crippen LogP contribution is 2.31. The Morgan fingerprint density at radius 1 is 1.22 bits per heavy atom. The first-order valence-corrected chi connectivity index (χ1v) is 6.66. The first-order chi connectivity index (χ1) is 8.93. The average Bonchev–Trinajstić information content (AvgIpc) is 3.12. The average molecular weight is 245 g/mol. The van der Waals surface area contributed by atoms with Crippen LogP contribution in [0.4, 0.5) is 5.95 Å². The van der Waals surface area contributed by atoms with Gasteiger partial charge in [0.1, 0.15) is 0 Å². The molecule has 1 aliphatic rings. The van der Waals surface area contributed by atoms with Gasteiger partial charge in [-0.25, -0.2) is 9.97 Å². The van der Waals surface area contributed by atoms with Gasteiger partial charge in [0.2, 0.25) is 5.95 Å². The summed E-state index contributed by atoms with van der Waals surface area (Å²) >= 11 is 0. The molecule has 0 saturated heterocycles. The Morgan fingerprint density at radius 3 is 2.89 bits per heavy atom. The summed E-state index contributed by atoms with van der Waals surface area (Å²) < 4.78 is 4.36. The van der Waals surface area contributed by atoms with Crippen molar-refractivity contribution in [1.29, 1.82) is 0 Å². The zero-order valence-electron chi connectivity index (χ0n) is 10.5. The van der Waals surface area contributed by atoms with E-state index in [0.717, 1.165) is 19.0 Å². The lowest BCUT2D eigenvalue weighted by Gasteiger charge is -2.15. The first-order valence-electron chi connectivity index (χ1n) is 6.66. The minimum absolute atomic E-state index is 0.642. The molecule has 5 heteroatoms. The zero-order chi connectivity index (χ0) is 12.2. The molecule has 0 spiro atoms. The van der Waals surface area contributed by atoms with Crippen LogP contribution < -0.4 is 5.32 Å². The maximum atomic E-state index is 4.41. The van der Waals surface area contributed by atoms with Crippen molar-refractivity contribution in [2.45, 2.75) is 38.3 Å². The van der Waals surface area contributed by atoms with E-state index in [4.69, 9.17) is 0 Å². The second-order valence-electron chi connectivity index (χ2n) is 4.82. The van der Waals surface area contributed by atoms with E-state index in [1.807, 2.05) is 18.7 Å². The molecule has 18 heavy (non-hydrogen) atoms. The van der Waals surface area contributed by atoms with Gasteiger partial charge in [-0.2, -0.15) is 0 Å². The van der Waals surface area contributed by atoms with E-state index in [2.05, 4.69) is 30.6 Å². The Kier molecular flexibility index (Phi) is 3.30. The summed E-state index contributed by atoms with van der Waals surface area (Å²) in [5, 5.41) is 3.41.